The molecule has 1 atom stereocenters. The van der Waals surface area contributed by atoms with E-state index < -0.39 is 17.9 Å². The molecule has 0 spiro atoms. The van der Waals surface area contributed by atoms with Crippen molar-refractivity contribution in [2.45, 2.75) is 19.4 Å². The molecule has 0 aromatic heterocycles. The van der Waals surface area contributed by atoms with Crippen molar-refractivity contribution >= 4 is 11.9 Å². The van der Waals surface area contributed by atoms with E-state index in [0.29, 0.717) is 5.56 Å². The van der Waals surface area contributed by atoms with Gasteiger partial charge in [0.05, 0.1) is 12.5 Å². The quantitative estimate of drug-likeness (QED) is 0.808. The Hall–Kier alpha value is -2.35. The normalized spacial score (nSPS) is 11.3. The molecule has 0 aliphatic carbocycles. The van der Waals surface area contributed by atoms with Crippen molar-refractivity contribution in [3.05, 3.63) is 35.4 Å². The van der Waals surface area contributed by atoms with E-state index in [2.05, 4.69) is 5.32 Å². The molecule has 88 valence electrons. The number of benzene rings is 1. The number of rotatable bonds is 4. The fourth-order valence-corrected chi connectivity index (χ4v) is 1.26. The molecule has 17 heavy (non-hydrogen) atoms. The first-order chi connectivity index (χ1) is 8.04. The van der Waals surface area contributed by atoms with E-state index >= 15 is 0 Å². The summed E-state index contributed by atoms with van der Waals surface area (Å²) >= 11 is 0. The first kappa shape index (κ1) is 12.7. The van der Waals surface area contributed by atoms with Gasteiger partial charge in [0.15, 0.2) is 0 Å². The summed E-state index contributed by atoms with van der Waals surface area (Å²) in [5, 5.41) is 19.5. The van der Waals surface area contributed by atoms with Gasteiger partial charge in [-0.15, -0.1) is 0 Å². The zero-order valence-corrected chi connectivity index (χ0v) is 9.30. The highest BCUT2D eigenvalue weighted by Crippen LogP contribution is 2.06. The Labute approximate surface area is 98.7 Å². The molecule has 0 radical (unpaired) electrons. The molecular weight excluding hydrogens is 220 g/mol. The number of carboxylic acids is 1. The molecule has 1 aromatic carbocycles. The van der Waals surface area contributed by atoms with Gasteiger partial charge in [0.25, 0.3) is 5.91 Å². The van der Waals surface area contributed by atoms with Crippen molar-refractivity contribution in [1.82, 2.24) is 5.32 Å². The van der Waals surface area contributed by atoms with E-state index in [1.165, 1.54) is 6.92 Å². The van der Waals surface area contributed by atoms with Gasteiger partial charge in [0.2, 0.25) is 0 Å². The van der Waals surface area contributed by atoms with Gasteiger partial charge in [-0.1, -0.05) is 12.1 Å². The molecule has 0 heterocycles. The smallest absolute Gasteiger partial charge is 0.325 e. The van der Waals surface area contributed by atoms with Gasteiger partial charge in [-0.3, -0.25) is 9.59 Å². The van der Waals surface area contributed by atoms with Crippen molar-refractivity contribution in [3.63, 3.8) is 0 Å². The summed E-state index contributed by atoms with van der Waals surface area (Å²) in [6.07, 6.45) is 0.218. The topological polar surface area (TPSA) is 90.2 Å². The minimum Gasteiger partial charge on any atom is -0.480 e. The molecule has 0 fully saturated rings. The maximum absolute atomic E-state index is 11.7. The Balaban J connectivity index is 2.79. The van der Waals surface area contributed by atoms with Crippen molar-refractivity contribution in [2.75, 3.05) is 0 Å². The third-order valence-electron chi connectivity index (χ3n) is 2.19. The van der Waals surface area contributed by atoms with Gasteiger partial charge in [-0.2, -0.15) is 5.26 Å². The SMILES string of the molecule is C[C@@H](NC(=O)c1cccc(CC#N)c1)C(=O)O. The predicted molar refractivity (Wildman–Crippen MR) is 60.3 cm³/mol. The van der Waals surface area contributed by atoms with Crippen LogP contribution < -0.4 is 5.32 Å². The van der Waals surface area contributed by atoms with Crippen molar-refractivity contribution in [1.29, 1.82) is 5.26 Å². The molecule has 1 aromatic rings. The number of carbonyl (C=O) groups excluding carboxylic acids is 1. The van der Waals surface area contributed by atoms with Crippen LogP contribution in [0.25, 0.3) is 0 Å². The van der Waals surface area contributed by atoms with E-state index in [0.717, 1.165) is 5.56 Å². The second kappa shape index (κ2) is 5.66. The summed E-state index contributed by atoms with van der Waals surface area (Å²) in [5.41, 5.74) is 1.08. The number of carbonyl (C=O) groups is 2. The van der Waals surface area contributed by atoms with Crippen LogP contribution in [0.1, 0.15) is 22.8 Å². The largest absolute Gasteiger partial charge is 0.480 e. The van der Waals surface area contributed by atoms with Crippen LogP contribution in [-0.4, -0.2) is 23.0 Å². The molecule has 0 unspecified atom stereocenters. The van der Waals surface area contributed by atoms with Gasteiger partial charge in [0.1, 0.15) is 6.04 Å². The van der Waals surface area contributed by atoms with Crippen molar-refractivity contribution in [2.24, 2.45) is 0 Å². The van der Waals surface area contributed by atoms with Gasteiger partial charge < -0.3 is 10.4 Å². The molecule has 1 amide bonds. The Bertz CT molecular complexity index is 477. The second-order valence-corrected chi connectivity index (χ2v) is 3.57. The minimum absolute atomic E-state index is 0.218. The number of aliphatic carboxylic acids is 1. The fourth-order valence-electron chi connectivity index (χ4n) is 1.26. The Morgan fingerprint density at radius 2 is 2.24 bits per heavy atom. The molecule has 0 bridgehead atoms. The molecule has 2 N–H and O–H groups in total. The van der Waals surface area contributed by atoms with Crippen LogP contribution in [-0.2, 0) is 11.2 Å². The number of hydrogen-bond donors (Lipinski definition) is 2. The standard InChI is InChI=1S/C12H12N2O3/c1-8(12(16)17)14-11(15)10-4-2-3-9(7-10)5-6-13/h2-4,7-8H,5H2,1H3,(H,14,15)(H,16,17)/t8-/m1/s1. The predicted octanol–water partition coefficient (Wildman–Crippen LogP) is 0.956. The number of amides is 1. The molecule has 5 heteroatoms. The number of nitrogens with zero attached hydrogens (tertiary/aromatic N) is 1. The van der Waals surface area contributed by atoms with Crippen LogP contribution in [0.5, 0.6) is 0 Å². The molecule has 5 nitrogen and oxygen atoms in total. The second-order valence-electron chi connectivity index (χ2n) is 3.57. The van der Waals surface area contributed by atoms with Gasteiger partial charge in [-0.25, -0.2) is 0 Å². The van der Waals surface area contributed by atoms with E-state index in [1.807, 2.05) is 6.07 Å². The highest BCUT2D eigenvalue weighted by atomic mass is 16.4. The van der Waals surface area contributed by atoms with Gasteiger partial charge in [-0.05, 0) is 24.6 Å². The first-order valence-corrected chi connectivity index (χ1v) is 5.04. The van der Waals surface area contributed by atoms with Crippen LogP contribution in [0.2, 0.25) is 0 Å². The molecule has 0 saturated carbocycles. The number of nitrogens with one attached hydrogen (secondary N) is 1. The summed E-state index contributed by atoms with van der Waals surface area (Å²) in [6, 6.07) is 7.59. The van der Waals surface area contributed by atoms with Gasteiger partial charge in [0, 0.05) is 5.56 Å². The van der Waals surface area contributed by atoms with Crippen molar-refractivity contribution < 1.29 is 14.7 Å². The van der Waals surface area contributed by atoms with Gasteiger partial charge >= 0.3 is 5.97 Å². The first-order valence-electron chi connectivity index (χ1n) is 5.04. The lowest BCUT2D eigenvalue weighted by molar-refractivity contribution is -0.138. The van der Waals surface area contributed by atoms with Crippen LogP contribution >= 0.6 is 0 Å². The lowest BCUT2D eigenvalue weighted by Gasteiger charge is -2.09. The third kappa shape index (κ3) is 3.61. The molecule has 1 rings (SSSR count). The van der Waals surface area contributed by atoms with E-state index in [1.54, 1.807) is 24.3 Å². The Morgan fingerprint density at radius 3 is 2.82 bits per heavy atom. The monoisotopic (exact) mass is 232 g/mol. The number of hydrogen-bond acceptors (Lipinski definition) is 3. The van der Waals surface area contributed by atoms with E-state index in [-0.39, 0.29) is 6.42 Å². The molecule has 0 aliphatic heterocycles. The average molecular weight is 232 g/mol. The third-order valence-corrected chi connectivity index (χ3v) is 2.19. The summed E-state index contributed by atoms with van der Waals surface area (Å²) in [5.74, 6) is -1.55. The maximum Gasteiger partial charge on any atom is 0.325 e. The molecule has 0 saturated heterocycles. The Kier molecular flexibility index (Phi) is 4.23. The molecule has 0 aliphatic rings. The van der Waals surface area contributed by atoms with Crippen molar-refractivity contribution in [3.8, 4) is 6.07 Å². The molecular formula is C12H12N2O3. The lowest BCUT2D eigenvalue weighted by Crippen LogP contribution is -2.38. The van der Waals surface area contributed by atoms with E-state index in [9.17, 15) is 9.59 Å². The summed E-state index contributed by atoms with van der Waals surface area (Å²) in [4.78, 5) is 22.2. The fraction of sp³-hybridized carbons (Fsp3) is 0.250. The van der Waals surface area contributed by atoms with Crippen LogP contribution in [0.15, 0.2) is 24.3 Å². The lowest BCUT2D eigenvalue weighted by atomic mass is 10.1. The summed E-state index contributed by atoms with van der Waals surface area (Å²) in [6.45, 7) is 1.39. The van der Waals surface area contributed by atoms with E-state index in [4.69, 9.17) is 10.4 Å². The zero-order valence-electron chi connectivity index (χ0n) is 9.30. The van der Waals surface area contributed by atoms with Crippen LogP contribution in [0, 0.1) is 11.3 Å². The maximum atomic E-state index is 11.7. The van der Waals surface area contributed by atoms with Crippen LogP contribution in [0.4, 0.5) is 0 Å². The Morgan fingerprint density at radius 1 is 1.53 bits per heavy atom. The minimum atomic E-state index is -1.09. The summed E-state index contributed by atoms with van der Waals surface area (Å²) < 4.78 is 0. The zero-order chi connectivity index (χ0) is 12.8. The number of nitriles is 1. The summed E-state index contributed by atoms with van der Waals surface area (Å²) in [7, 11) is 0. The number of carboxylic acid groups (broad SMARTS) is 1. The highest BCUT2D eigenvalue weighted by molar-refractivity contribution is 5.96. The average Bonchev–Trinajstić information content (AvgIpc) is 2.29. The highest BCUT2D eigenvalue weighted by Gasteiger charge is 2.15. The van der Waals surface area contributed by atoms with Crippen LogP contribution in [0.3, 0.4) is 0 Å².